The van der Waals surface area contributed by atoms with Gasteiger partial charge in [-0.15, -0.1) is 0 Å². The van der Waals surface area contributed by atoms with Gasteiger partial charge in [0.15, 0.2) is 0 Å². The molecular formula is C25H27N5O3. The van der Waals surface area contributed by atoms with Crippen molar-refractivity contribution in [3.63, 3.8) is 0 Å². The van der Waals surface area contributed by atoms with E-state index in [2.05, 4.69) is 15.4 Å². The summed E-state index contributed by atoms with van der Waals surface area (Å²) in [5.74, 6) is -0.789. The molecule has 1 amide bonds. The third-order valence-corrected chi connectivity index (χ3v) is 5.69. The number of anilines is 1. The van der Waals surface area contributed by atoms with Crippen molar-refractivity contribution in [2.45, 2.75) is 39.3 Å². The highest BCUT2D eigenvalue weighted by Crippen LogP contribution is 2.39. The number of benzene rings is 2. The molecule has 0 saturated heterocycles. The number of nitrogens with one attached hydrogen (secondary N) is 1. The Morgan fingerprint density at radius 3 is 2.48 bits per heavy atom. The number of carbonyl (C=O) groups is 2. The van der Waals surface area contributed by atoms with Crippen LogP contribution in [-0.4, -0.2) is 38.3 Å². The number of carbonyl (C=O) groups excluding carboxylic acids is 1. The number of aliphatic carboxylic acids is 1. The van der Waals surface area contributed by atoms with Crippen molar-refractivity contribution in [3.05, 3.63) is 88.9 Å². The molecule has 2 N–H and O–H groups in total. The molecule has 0 fully saturated rings. The first kappa shape index (κ1) is 22.3. The van der Waals surface area contributed by atoms with Crippen molar-refractivity contribution in [2.75, 3.05) is 11.4 Å². The zero-order chi connectivity index (χ0) is 23.4. The molecule has 8 nitrogen and oxygen atoms in total. The Bertz CT molecular complexity index is 1170. The van der Waals surface area contributed by atoms with Crippen LogP contribution in [0.3, 0.4) is 0 Å². The fourth-order valence-corrected chi connectivity index (χ4v) is 4.13. The Labute approximate surface area is 192 Å². The molecule has 1 aromatic heterocycles. The molecule has 1 aliphatic heterocycles. The minimum absolute atomic E-state index is 0.0435. The van der Waals surface area contributed by atoms with Gasteiger partial charge in [-0.2, -0.15) is 10.1 Å². The number of carboxylic acid groups (broad SMARTS) is 1. The van der Waals surface area contributed by atoms with Crippen molar-refractivity contribution >= 4 is 17.8 Å². The van der Waals surface area contributed by atoms with E-state index in [1.54, 1.807) is 9.58 Å². The zero-order valence-electron chi connectivity index (χ0n) is 18.7. The van der Waals surface area contributed by atoms with Gasteiger partial charge in [-0.25, -0.2) is 9.48 Å². The summed E-state index contributed by atoms with van der Waals surface area (Å²) < 4.78 is 1.59. The summed E-state index contributed by atoms with van der Waals surface area (Å²) in [4.78, 5) is 31.4. The standard InChI is InChI=1S/C25H27N5O3/c1-3-7-20-22(24(32)33)23(19-8-5-4-6-9-19)30-25(27-16-28-30)29(20)15-21(31)26-14-18-12-10-17(2)11-13-18/h4-6,8-13,16,23H,3,7,14-15H2,1-2H3,(H,26,31)(H,32,33). The summed E-state index contributed by atoms with van der Waals surface area (Å²) >= 11 is 0. The van der Waals surface area contributed by atoms with Gasteiger partial charge in [0, 0.05) is 12.2 Å². The highest BCUT2D eigenvalue weighted by Gasteiger charge is 2.38. The summed E-state index contributed by atoms with van der Waals surface area (Å²) in [6.45, 7) is 4.35. The van der Waals surface area contributed by atoms with E-state index in [1.807, 2.05) is 68.4 Å². The summed E-state index contributed by atoms with van der Waals surface area (Å²) in [6, 6.07) is 16.7. The number of aromatic nitrogens is 3. The number of carboxylic acids is 1. The van der Waals surface area contributed by atoms with E-state index in [0.29, 0.717) is 24.6 Å². The molecule has 8 heteroatoms. The molecule has 2 heterocycles. The Balaban J connectivity index is 1.67. The van der Waals surface area contributed by atoms with Crippen LogP contribution in [0.25, 0.3) is 0 Å². The molecule has 33 heavy (non-hydrogen) atoms. The van der Waals surface area contributed by atoms with Crippen LogP contribution in [-0.2, 0) is 16.1 Å². The molecule has 1 unspecified atom stereocenters. The highest BCUT2D eigenvalue weighted by atomic mass is 16.4. The topological polar surface area (TPSA) is 100 Å². The second-order valence-corrected chi connectivity index (χ2v) is 8.08. The number of hydrogen-bond donors (Lipinski definition) is 2. The van der Waals surface area contributed by atoms with Crippen LogP contribution < -0.4 is 10.2 Å². The lowest BCUT2D eigenvalue weighted by atomic mass is 9.93. The Hall–Kier alpha value is -3.94. The fraction of sp³-hybridized carbons (Fsp3) is 0.280. The van der Waals surface area contributed by atoms with Crippen molar-refractivity contribution in [1.82, 2.24) is 20.1 Å². The minimum Gasteiger partial charge on any atom is -0.478 e. The largest absolute Gasteiger partial charge is 0.478 e. The van der Waals surface area contributed by atoms with E-state index < -0.39 is 12.0 Å². The highest BCUT2D eigenvalue weighted by molar-refractivity contribution is 5.92. The lowest BCUT2D eigenvalue weighted by Crippen LogP contribution is -2.43. The van der Waals surface area contributed by atoms with E-state index in [1.165, 1.54) is 6.33 Å². The number of fused-ring (bicyclic) bond motifs is 1. The van der Waals surface area contributed by atoms with Gasteiger partial charge in [0.2, 0.25) is 11.9 Å². The number of amides is 1. The predicted molar refractivity (Wildman–Crippen MR) is 125 cm³/mol. The first-order chi connectivity index (χ1) is 16.0. The van der Waals surface area contributed by atoms with Gasteiger partial charge < -0.3 is 15.3 Å². The summed E-state index contributed by atoms with van der Waals surface area (Å²) in [7, 11) is 0. The van der Waals surface area contributed by atoms with E-state index in [9.17, 15) is 14.7 Å². The number of hydrogen-bond acceptors (Lipinski definition) is 5. The molecule has 170 valence electrons. The molecule has 1 aliphatic rings. The van der Waals surface area contributed by atoms with Gasteiger partial charge in [-0.1, -0.05) is 73.5 Å². The average Bonchev–Trinajstić information content (AvgIpc) is 3.30. The van der Waals surface area contributed by atoms with Crippen LogP contribution in [0.15, 0.2) is 72.2 Å². The molecule has 0 saturated carbocycles. The van der Waals surface area contributed by atoms with Crippen LogP contribution in [0, 0.1) is 6.92 Å². The van der Waals surface area contributed by atoms with E-state index >= 15 is 0 Å². The average molecular weight is 446 g/mol. The lowest BCUT2D eigenvalue weighted by Gasteiger charge is -2.35. The fourth-order valence-electron chi connectivity index (χ4n) is 4.13. The first-order valence-electron chi connectivity index (χ1n) is 11.0. The molecule has 0 bridgehead atoms. The molecule has 1 atom stereocenters. The molecule has 0 aliphatic carbocycles. The molecule has 4 rings (SSSR count). The maximum absolute atomic E-state index is 12.9. The maximum Gasteiger partial charge on any atom is 0.335 e. The molecule has 0 radical (unpaired) electrons. The van der Waals surface area contributed by atoms with Crippen LogP contribution >= 0.6 is 0 Å². The Morgan fingerprint density at radius 2 is 1.82 bits per heavy atom. The van der Waals surface area contributed by atoms with Crippen LogP contribution in [0.1, 0.15) is 42.5 Å². The lowest BCUT2D eigenvalue weighted by molar-refractivity contribution is -0.133. The van der Waals surface area contributed by atoms with Crippen LogP contribution in [0.5, 0.6) is 0 Å². The Morgan fingerprint density at radius 1 is 1.09 bits per heavy atom. The summed E-state index contributed by atoms with van der Waals surface area (Å²) in [5, 5.41) is 17.5. The predicted octanol–water partition coefficient (Wildman–Crippen LogP) is 3.45. The first-order valence-corrected chi connectivity index (χ1v) is 11.0. The van der Waals surface area contributed by atoms with Gasteiger partial charge in [0.1, 0.15) is 18.9 Å². The van der Waals surface area contributed by atoms with Crippen molar-refractivity contribution in [2.24, 2.45) is 0 Å². The quantitative estimate of drug-likeness (QED) is 0.551. The van der Waals surface area contributed by atoms with E-state index in [4.69, 9.17) is 0 Å². The molecule has 0 spiro atoms. The van der Waals surface area contributed by atoms with E-state index in [-0.39, 0.29) is 18.0 Å². The van der Waals surface area contributed by atoms with Gasteiger partial charge in [-0.3, -0.25) is 4.79 Å². The zero-order valence-corrected chi connectivity index (χ0v) is 18.7. The SMILES string of the molecule is CCCC1=C(C(=O)O)C(c2ccccc2)n2ncnc2N1CC(=O)NCc1ccc(C)cc1. The number of allylic oxidation sites excluding steroid dienone is 1. The maximum atomic E-state index is 12.9. The van der Waals surface area contributed by atoms with Gasteiger partial charge in [-0.05, 0) is 24.5 Å². The normalized spacial score (nSPS) is 15.3. The number of rotatable bonds is 8. The van der Waals surface area contributed by atoms with Crippen LogP contribution in [0.4, 0.5) is 5.95 Å². The van der Waals surface area contributed by atoms with Gasteiger partial charge >= 0.3 is 5.97 Å². The number of nitrogens with zero attached hydrogens (tertiary/aromatic N) is 4. The Kier molecular flexibility index (Phi) is 6.53. The third kappa shape index (κ3) is 4.64. The monoisotopic (exact) mass is 445 g/mol. The van der Waals surface area contributed by atoms with Crippen molar-refractivity contribution in [1.29, 1.82) is 0 Å². The van der Waals surface area contributed by atoms with E-state index in [0.717, 1.165) is 23.1 Å². The molecule has 2 aromatic carbocycles. The molecule has 3 aromatic rings. The molecular weight excluding hydrogens is 418 g/mol. The second kappa shape index (κ2) is 9.68. The van der Waals surface area contributed by atoms with Gasteiger partial charge in [0.05, 0.1) is 5.57 Å². The smallest absolute Gasteiger partial charge is 0.335 e. The number of aryl methyl sites for hydroxylation is 1. The summed E-state index contributed by atoms with van der Waals surface area (Å²) in [6.07, 6.45) is 2.63. The van der Waals surface area contributed by atoms with Gasteiger partial charge in [0.25, 0.3) is 0 Å². The summed E-state index contributed by atoms with van der Waals surface area (Å²) in [5.41, 5.74) is 3.76. The second-order valence-electron chi connectivity index (χ2n) is 8.08. The third-order valence-electron chi connectivity index (χ3n) is 5.69. The van der Waals surface area contributed by atoms with Crippen molar-refractivity contribution in [3.8, 4) is 0 Å². The minimum atomic E-state index is -1.03. The van der Waals surface area contributed by atoms with Crippen molar-refractivity contribution < 1.29 is 14.7 Å². The van der Waals surface area contributed by atoms with Crippen LogP contribution in [0.2, 0.25) is 0 Å².